The Morgan fingerprint density at radius 1 is 0.405 bits per heavy atom. The molecular formula is C64H141N9O11. The molecule has 0 radical (unpaired) electrons. The average Bonchev–Trinajstić information content (AvgIpc) is 4.43. The molecular weight excluding hydrogens is 1070 g/mol. The van der Waals surface area contributed by atoms with Crippen molar-refractivity contribution >= 4 is 0 Å². The molecule has 0 spiro atoms. The Bertz CT molecular complexity index is 1240. The number of aliphatic hydroxyl groups excluding tert-OH is 10. The Labute approximate surface area is 515 Å². The first kappa shape index (κ1) is 85.3. The zero-order valence-electron chi connectivity index (χ0n) is 55.5. The second kappa shape index (κ2) is 65.2. The molecule has 0 aromatic rings. The van der Waals surface area contributed by atoms with Crippen LogP contribution in [0.15, 0.2) is 0 Å². The SMILES string of the molecule is CC(C)NCCOCCO.CC1CCC(C)N1CCCO.CN(CCO)CCO.CN1CCCCC1CCO.OCCCCN1CCCC1.OCCCN1CCC1.OCCCN1CCCC1.OCCCN1CCCCC1.OCCN1CCCC1. The maximum absolute atomic E-state index is 8.71. The number of β-amino-alcohol motifs (C(OH)–C–C–N with tert-alkyl or cyclic N) is 1. The zero-order chi connectivity index (χ0) is 62.5. The van der Waals surface area contributed by atoms with Crippen LogP contribution in [0, 0.1) is 0 Å². The highest BCUT2D eigenvalue weighted by molar-refractivity contribution is 4.82. The first-order valence-corrected chi connectivity index (χ1v) is 34.0. The van der Waals surface area contributed by atoms with E-state index in [1.165, 1.54) is 175 Å². The topological polar surface area (TPSA) is 249 Å². The van der Waals surface area contributed by atoms with E-state index in [2.05, 4.69) is 74.4 Å². The summed E-state index contributed by atoms with van der Waals surface area (Å²) in [6.45, 7) is 34.9. The van der Waals surface area contributed by atoms with Crippen molar-refractivity contribution in [2.24, 2.45) is 0 Å². The summed E-state index contributed by atoms with van der Waals surface area (Å²) in [7, 11) is 4.01. The van der Waals surface area contributed by atoms with Crippen LogP contribution >= 0.6 is 0 Å². The van der Waals surface area contributed by atoms with Gasteiger partial charge in [0.1, 0.15) is 0 Å². The normalized spacial score (nSPS) is 21.3. The lowest BCUT2D eigenvalue weighted by Crippen LogP contribution is -2.37. The van der Waals surface area contributed by atoms with E-state index >= 15 is 0 Å². The molecule has 7 rings (SSSR count). The van der Waals surface area contributed by atoms with Crippen molar-refractivity contribution in [2.45, 2.75) is 193 Å². The number of aliphatic hydroxyl groups is 10. The van der Waals surface area contributed by atoms with E-state index in [1.807, 2.05) is 11.9 Å². The number of nitrogens with one attached hydrogen (secondary N) is 1. The third-order valence-electron chi connectivity index (χ3n) is 16.3. The lowest BCUT2D eigenvalue weighted by atomic mass is 10.0. The van der Waals surface area contributed by atoms with E-state index in [0.717, 1.165) is 96.3 Å². The van der Waals surface area contributed by atoms with Crippen LogP contribution in [0.25, 0.3) is 0 Å². The van der Waals surface area contributed by atoms with Gasteiger partial charge in [0.2, 0.25) is 0 Å². The standard InChI is InChI=1S/C9H19NO.3C8H17NO.C7H17NO2.C7H15NO.2C6H13NO.C5H13NO2/c1-8-4-5-9(2)10(8)6-3-7-11;1-9-6-3-2-4-8(9)5-7-10;10-8-4-3-7-9-5-1-2-6-9;10-8-4-7-9-5-2-1-3-6-9;1-7(2)8-3-5-10-6-4-9;9-7-3-6-8-4-1-2-5-8;8-6-2-5-7-3-1-4-7;8-6-5-7-3-1-2-4-7;1-6(2-4-7)3-5-8/h8-9,11H,3-7H2,1-2H3;8,10H,2-7H2,1H3;2*10H,1-8H2;7-9H,3-6H2,1-2H3;9H,1-7H2;2*8H,1-6H2;7-8H,2-5H2,1H3. The molecule has 20 heteroatoms. The van der Waals surface area contributed by atoms with Gasteiger partial charge in [-0.25, -0.2) is 0 Å². The molecule has 7 aliphatic heterocycles. The van der Waals surface area contributed by atoms with E-state index in [-0.39, 0.29) is 19.8 Å². The van der Waals surface area contributed by atoms with Crippen molar-refractivity contribution in [2.75, 3.05) is 224 Å². The van der Waals surface area contributed by atoms with Gasteiger partial charge in [-0.1, -0.05) is 26.7 Å². The zero-order valence-corrected chi connectivity index (χ0v) is 55.5. The lowest BCUT2D eigenvalue weighted by molar-refractivity contribution is 0.0931. The molecule has 0 saturated carbocycles. The van der Waals surface area contributed by atoms with E-state index in [4.69, 9.17) is 55.8 Å². The minimum absolute atomic E-state index is 0.113. The highest BCUT2D eigenvalue weighted by atomic mass is 16.5. The highest BCUT2D eigenvalue weighted by Crippen LogP contribution is 2.23. The van der Waals surface area contributed by atoms with Crippen LogP contribution in [0.3, 0.4) is 0 Å². The average molecular weight is 1210 g/mol. The van der Waals surface area contributed by atoms with Crippen LogP contribution in [0.1, 0.15) is 169 Å². The maximum Gasteiger partial charge on any atom is 0.0698 e. The van der Waals surface area contributed by atoms with Crippen LogP contribution < -0.4 is 5.32 Å². The summed E-state index contributed by atoms with van der Waals surface area (Å²) in [6, 6.07) is 2.63. The summed E-state index contributed by atoms with van der Waals surface area (Å²) in [5.41, 5.74) is 0. The third kappa shape index (κ3) is 54.2. The molecule has 508 valence electrons. The van der Waals surface area contributed by atoms with Crippen LogP contribution in [0.5, 0.6) is 0 Å². The number of likely N-dealkylation sites (tertiary alicyclic amines) is 7. The van der Waals surface area contributed by atoms with Crippen molar-refractivity contribution in [1.82, 2.24) is 44.5 Å². The summed E-state index contributed by atoms with van der Waals surface area (Å²) >= 11 is 0. The van der Waals surface area contributed by atoms with Crippen LogP contribution in [0.4, 0.5) is 0 Å². The number of hydrogen-bond acceptors (Lipinski definition) is 20. The molecule has 3 unspecified atom stereocenters. The second-order valence-corrected chi connectivity index (χ2v) is 24.1. The Morgan fingerprint density at radius 2 is 0.798 bits per heavy atom. The smallest absolute Gasteiger partial charge is 0.0698 e. The second-order valence-electron chi connectivity index (χ2n) is 24.1. The molecule has 7 fully saturated rings. The Balaban J connectivity index is 0. The number of ether oxygens (including phenoxy) is 1. The van der Waals surface area contributed by atoms with Crippen molar-refractivity contribution in [1.29, 1.82) is 0 Å². The molecule has 0 aromatic carbocycles. The number of piperidine rings is 2. The summed E-state index contributed by atoms with van der Waals surface area (Å²) in [5.74, 6) is 0. The Kier molecular flexibility index (Phi) is 66.1. The van der Waals surface area contributed by atoms with Crippen LogP contribution in [-0.2, 0) is 4.74 Å². The molecule has 0 aromatic heterocycles. The van der Waals surface area contributed by atoms with Crippen molar-refractivity contribution in [3.63, 3.8) is 0 Å². The number of hydrogen-bond donors (Lipinski definition) is 11. The van der Waals surface area contributed by atoms with Crippen molar-refractivity contribution in [3.8, 4) is 0 Å². The van der Waals surface area contributed by atoms with Gasteiger partial charge in [-0.05, 0) is 235 Å². The quantitative estimate of drug-likeness (QED) is 0.0462. The van der Waals surface area contributed by atoms with Crippen molar-refractivity contribution < 1.29 is 55.8 Å². The maximum atomic E-state index is 8.71. The van der Waals surface area contributed by atoms with Crippen molar-refractivity contribution in [3.05, 3.63) is 0 Å². The number of nitrogens with zero attached hydrogens (tertiary/aromatic N) is 8. The fourth-order valence-electron chi connectivity index (χ4n) is 10.9. The molecule has 3 atom stereocenters. The predicted molar refractivity (Wildman–Crippen MR) is 348 cm³/mol. The molecule has 20 nitrogen and oxygen atoms in total. The van der Waals surface area contributed by atoms with E-state index in [1.54, 1.807) is 0 Å². The fourth-order valence-corrected chi connectivity index (χ4v) is 10.9. The number of rotatable bonds is 30. The largest absolute Gasteiger partial charge is 0.396 e. The monoisotopic (exact) mass is 1210 g/mol. The Hall–Kier alpha value is -0.800. The molecule has 0 amide bonds. The van der Waals surface area contributed by atoms with Crippen LogP contribution in [-0.4, -0.2) is 339 Å². The number of likely N-dealkylation sites (N-methyl/N-ethyl adjacent to an activating group) is 1. The predicted octanol–water partition coefficient (Wildman–Crippen LogP) is 3.31. The first-order valence-electron chi connectivity index (χ1n) is 34.0. The minimum atomic E-state index is 0.113. The van der Waals surface area contributed by atoms with Gasteiger partial charge in [-0.3, -0.25) is 4.90 Å². The van der Waals surface area contributed by atoms with E-state index < -0.39 is 0 Å². The molecule has 7 aliphatic rings. The molecule has 7 saturated heterocycles. The van der Waals surface area contributed by atoms with Gasteiger partial charge in [0.05, 0.1) is 39.6 Å². The molecule has 84 heavy (non-hydrogen) atoms. The third-order valence-corrected chi connectivity index (χ3v) is 16.3. The Morgan fingerprint density at radius 3 is 1.15 bits per heavy atom. The lowest BCUT2D eigenvalue weighted by Gasteiger charge is -2.31. The first-order chi connectivity index (χ1) is 40.8. The van der Waals surface area contributed by atoms with E-state index in [0.29, 0.717) is 84.6 Å². The van der Waals surface area contributed by atoms with Gasteiger partial charge in [0.15, 0.2) is 0 Å². The summed E-state index contributed by atoms with van der Waals surface area (Å²) < 4.78 is 5.02. The fraction of sp³-hybridized carbons (Fsp3) is 1.00. The molecule has 0 aliphatic carbocycles. The number of unbranched alkanes of at least 4 members (excludes halogenated alkanes) is 1. The molecule has 11 N–H and O–H groups in total. The summed E-state index contributed by atoms with van der Waals surface area (Å²) in [4.78, 5) is 18.7. The summed E-state index contributed by atoms with van der Waals surface area (Å²) in [6.07, 6.45) is 27.0. The molecule has 7 heterocycles. The van der Waals surface area contributed by atoms with Crippen LogP contribution in [0.2, 0.25) is 0 Å². The van der Waals surface area contributed by atoms with Gasteiger partial charge in [-0.2, -0.15) is 0 Å². The summed E-state index contributed by atoms with van der Waals surface area (Å²) in [5, 5.41) is 88.1. The van der Waals surface area contributed by atoms with Gasteiger partial charge >= 0.3 is 0 Å². The van der Waals surface area contributed by atoms with Gasteiger partial charge < -0.3 is 95.4 Å². The van der Waals surface area contributed by atoms with Gasteiger partial charge in [0, 0.05) is 116 Å². The minimum Gasteiger partial charge on any atom is -0.396 e. The highest BCUT2D eigenvalue weighted by Gasteiger charge is 2.26. The van der Waals surface area contributed by atoms with Gasteiger partial charge in [0.25, 0.3) is 0 Å². The van der Waals surface area contributed by atoms with E-state index in [9.17, 15) is 0 Å². The van der Waals surface area contributed by atoms with Gasteiger partial charge in [-0.15, -0.1) is 0 Å². The molecule has 0 bridgehead atoms.